The largest absolute Gasteiger partial charge is 0.468 e. The van der Waals surface area contributed by atoms with Crippen LogP contribution in [0.2, 0.25) is 0 Å². The summed E-state index contributed by atoms with van der Waals surface area (Å²) < 4.78 is 15.6. The number of nitrogens with one attached hydrogen (secondary N) is 2. The lowest BCUT2D eigenvalue weighted by atomic mass is 9.93. The van der Waals surface area contributed by atoms with Crippen LogP contribution in [0.3, 0.4) is 0 Å². The molecule has 1 atom stereocenters. The van der Waals surface area contributed by atoms with Crippen LogP contribution >= 0.6 is 0 Å². The van der Waals surface area contributed by atoms with Crippen LogP contribution in [0.4, 0.5) is 9.59 Å². The standard InChI is InChI=1S/C24H42N6O6/c1-24(2,3)36-22(32)26-21(25)29-8-5-18(6-9-29)7-10-30-16-19(35-23(30)33)15-27-11-13-28(14-12-27)17-20(31)34-4/h18-19H,5-17H2,1-4H3,(H2,25,26,32). The Morgan fingerprint density at radius 2 is 1.72 bits per heavy atom. The second kappa shape index (κ2) is 12.6. The van der Waals surface area contributed by atoms with E-state index in [0.29, 0.717) is 45.2 Å². The lowest BCUT2D eigenvalue weighted by molar-refractivity contribution is -0.142. The Bertz CT molecular complexity index is 786. The number of ether oxygens (including phenoxy) is 3. The van der Waals surface area contributed by atoms with Crippen molar-refractivity contribution in [2.24, 2.45) is 5.92 Å². The number of carbonyl (C=O) groups excluding carboxylic acids is 3. The lowest BCUT2D eigenvalue weighted by Crippen LogP contribution is -2.50. The van der Waals surface area contributed by atoms with Crippen molar-refractivity contribution in [3.63, 3.8) is 0 Å². The van der Waals surface area contributed by atoms with E-state index in [1.54, 1.807) is 25.7 Å². The van der Waals surface area contributed by atoms with Gasteiger partial charge in [-0.3, -0.25) is 25.3 Å². The van der Waals surface area contributed by atoms with Crippen molar-refractivity contribution in [2.45, 2.75) is 51.7 Å². The molecule has 0 spiro atoms. The van der Waals surface area contributed by atoms with Crippen LogP contribution in [-0.2, 0) is 19.0 Å². The Labute approximate surface area is 213 Å². The minimum atomic E-state index is -0.611. The monoisotopic (exact) mass is 510 g/mol. The fourth-order valence-electron chi connectivity index (χ4n) is 4.78. The Morgan fingerprint density at radius 1 is 1.08 bits per heavy atom. The maximum absolute atomic E-state index is 12.4. The van der Waals surface area contributed by atoms with Gasteiger partial charge in [0.25, 0.3) is 0 Å². The smallest absolute Gasteiger partial charge is 0.414 e. The molecule has 3 heterocycles. The number of cyclic esters (lactones) is 1. The Kier molecular flexibility index (Phi) is 9.77. The SMILES string of the molecule is COC(=O)CN1CCN(CC2CN(CCC3CCN(C(=N)NC(=O)OC(C)(C)C)CC3)C(=O)O2)CC1. The molecular formula is C24H42N6O6. The van der Waals surface area contributed by atoms with E-state index in [9.17, 15) is 14.4 Å². The molecular weight excluding hydrogens is 468 g/mol. The van der Waals surface area contributed by atoms with Crippen LogP contribution in [0.1, 0.15) is 40.0 Å². The highest BCUT2D eigenvalue weighted by atomic mass is 16.6. The predicted octanol–water partition coefficient (Wildman–Crippen LogP) is 1.16. The summed E-state index contributed by atoms with van der Waals surface area (Å²) in [5, 5.41) is 10.7. The van der Waals surface area contributed by atoms with Gasteiger partial charge in [0, 0.05) is 52.4 Å². The second-order valence-corrected chi connectivity index (χ2v) is 10.8. The zero-order valence-electron chi connectivity index (χ0n) is 22.1. The van der Waals surface area contributed by atoms with Gasteiger partial charge in [0.2, 0.25) is 5.96 Å². The summed E-state index contributed by atoms with van der Waals surface area (Å²) in [5.41, 5.74) is -0.603. The van der Waals surface area contributed by atoms with Gasteiger partial charge in [-0.2, -0.15) is 0 Å². The van der Waals surface area contributed by atoms with Crippen molar-refractivity contribution in [2.75, 3.05) is 72.6 Å². The summed E-state index contributed by atoms with van der Waals surface area (Å²) in [6.45, 7) is 12.3. The second-order valence-electron chi connectivity index (χ2n) is 10.8. The fraction of sp³-hybridized carbons (Fsp3) is 0.833. The van der Waals surface area contributed by atoms with Crippen molar-refractivity contribution in [1.29, 1.82) is 5.41 Å². The number of methoxy groups -OCH3 is 1. The molecule has 2 N–H and O–H groups in total. The molecule has 3 aliphatic rings. The third-order valence-corrected chi connectivity index (χ3v) is 6.81. The number of esters is 1. The third kappa shape index (κ3) is 8.81. The molecule has 12 nitrogen and oxygen atoms in total. The molecule has 0 aromatic heterocycles. The summed E-state index contributed by atoms with van der Waals surface area (Å²) in [4.78, 5) is 43.7. The summed E-state index contributed by atoms with van der Waals surface area (Å²) in [6.07, 6.45) is 1.71. The van der Waals surface area contributed by atoms with Crippen LogP contribution in [0.15, 0.2) is 0 Å². The molecule has 0 aliphatic carbocycles. The molecule has 3 saturated heterocycles. The number of likely N-dealkylation sites (tertiary alicyclic amines) is 1. The number of amides is 2. The molecule has 204 valence electrons. The van der Waals surface area contributed by atoms with E-state index in [2.05, 4.69) is 15.1 Å². The summed E-state index contributed by atoms with van der Waals surface area (Å²) in [5.74, 6) is 0.315. The van der Waals surface area contributed by atoms with Gasteiger partial charge in [0.1, 0.15) is 11.7 Å². The third-order valence-electron chi connectivity index (χ3n) is 6.81. The molecule has 36 heavy (non-hydrogen) atoms. The van der Waals surface area contributed by atoms with Gasteiger partial charge in [-0.15, -0.1) is 0 Å². The molecule has 1 unspecified atom stereocenters. The predicted molar refractivity (Wildman–Crippen MR) is 133 cm³/mol. The molecule has 3 rings (SSSR count). The first-order valence-electron chi connectivity index (χ1n) is 12.8. The van der Waals surface area contributed by atoms with Crippen molar-refractivity contribution in [3.05, 3.63) is 0 Å². The van der Waals surface area contributed by atoms with Crippen molar-refractivity contribution in [1.82, 2.24) is 24.9 Å². The van der Waals surface area contributed by atoms with Crippen LogP contribution in [0, 0.1) is 11.3 Å². The number of piperidine rings is 1. The zero-order chi connectivity index (χ0) is 26.3. The highest BCUT2D eigenvalue weighted by Crippen LogP contribution is 2.23. The van der Waals surface area contributed by atoms with Crippen molar-refractivity contribution < 1.29 is 28.6 Å². The van der Waals surface area contributed by atoms with Gasteiger partial charge in [0.05, 0.1) is 20.2 Å². The number of nitrogens with zero attached hydrogens (tertiary/aromatic N) is 4. The number of piperazine rings is 1. The fourth-order valence-corrected chi connectivity index (χ4v) is 4.78. The topological polar surface area (TPSA) is 128 Å². The highest BCUT2D eigenvalue weighted by molar-refractivity contribution is 5.92. The maximum atomic E-state index is 12.4. The van der Waals surface area contributed by atoms with E-state index >= 15 is 0 Å². The normalized spacial score (nSPS) is 22.3. The number of rotatable bonds is 7. The molecule has 12 heteroatoms. The van der Waals surface area contributed by atoms with Gasteiger partial charge in [-0.05, 0) is 46.0 Å². The van der Waals surface area contributed by atoms with E-state index in [1.807, 2.05) is 4.90 Å². The highest BCUT2D eigenvalue weighted by Gasteiger charge is 2.34. The molecule has 0 radical (unpaired) electrons. The molecule has 3 aliphatic heterocycles. The molecule has 0 bridgehead atoms. The molecule has 0 aromatic carbocycles. The summed E-state index contributed by atoms with van der Waals surface area (Å²) in [6, 6.07) is 0. The van der Waals surface area contributed by atoms with Crippen LogP contribution in [0.25, 0.3) is 0 Å². The Balaban J connectivity index is 1.31. The van der Waals surface area contributed by atoms with Crippen LogP contribution in [0.5, 0.6) is 0 Å². The number of guanidine groups is 1. The Hall–Kier alpha value is -2.60. The first-order chi connectivity index (χ1) is 17.0. The van der Waals surface area contributed by atoms with E-state index in [0.717, 1.165) is 45.4 Å². The Morgan fingerprint density at radius 3 is 2.33 bits per heavy atom. The number of alkyl carbamates (subject to hydrolysis) is 1. The molecule has 2 amide bonds. The van der Waals surface area contributed by atoms with Crippen molar-refractivity contribution in [3.8, 4) is 0 Å². The minimum Gasteiger partial charge on any atom is -0.468 e. The van der Waals surface area contributed by atoms with Crippen LogP contribution < -0.4 is 5.32 Å². The van der Waals surface area contributed by atoms with Gasteiger partial charge < -0.3 is 24.0 Å². The zero-order valence-corrected chi connectivity index (χ0v) is 22.1. The summed E-state index contributed by atoms with van der Waals surface area (Å²) in [7, 11) is 1.40. The van der Waals surface area contributed by atoms with Gasteiger partial charge >= 0.3 is 18.2 Å². The van der Waals surface area contributed by atoms with Crippen molar-refractivity contribution >= 4 is 24.1 Å². The first-order valence-corrected chi connectivity index (χ1v) is 12.8. The van der Waals surface area contributed by atoms with Gasteiger partial charge in [-0.25, -0.2) is 9.59 Å². The molecule has 3 fully saturated rings. The van der Waals surface area contributed by atoms with E-state index in [1.165, 1.54) is 7.11 Å². The summed E-state index contributed by atoms with van der Waals surface area (Å²) >= 11 is 0. The number of carbonyl (C=O) groups is 3. The van der Waals surface area contributed by atoms with E-state index in [4.69, 9.17) is 19.6 Å². The first kappa shape index (κ1) is 28.0. The molecule has 0 saturated carbocycles. The van der Waals surface area contributed by atoms with E-state index < -0.39 is 11.7 Å². The number of hydrogen-bond donors (Lipinski definition) is 2. The minimum absolute atomic E-state index is 0.0693. The lowest BCUT2D eigenvalue weighted by Gasteiger charge is -2.34. The van der Waals surface area contributed by atoms with E-state index in [-0.39, 0.29) is 24.1 Å². The van der Waals surface area contributed by atoms with Gasteiger partial charge in [0.15, 0.2) is 0 Å². The number of hydrogen-bond acceptors (Lipinski definition) is 9. The van der Waals surface area contributed by atoms with Gasteiger partial charge in [-0.1, -0.05) is 0 Å². The average molecular weight is 511 g/mol. The quantitative estimate of drug-likeness (QED) is 0.224. The molecule has 0 aromatic rings. The maximum Gasteiger partial charge on any atom is 0.414 e. The van der Waals surface area contributed by atoms with Crippen LogP contribution in [-0.4, -0.2) is 128 Å². The average Bonchev–Trinajstić information content (AvgIpc) is 3.16.